The Kier molecular flexibility index (Phi) is 10.0. The van der Waals surface area contributed by atoms with E-state index in [1.165, 1.54) is 11.8 Å². The fraction of sp³-hybridized carbons (Fsp3) is 0.364. The molecule has 1 aliphatic carbocycles. The van der Waals surface area contributed by atoms with Gasteiger partial charge in [-0.15, -0.1) is 0 Å². The second kappa shape index (κ2) is 14.3. The Hall–Kier alpha value is -3.98. The summed E-state index contributed by atoms with van der Waals surface area (Å²) >= 11 is 1.35. The monoisotopic (exact) mass is 583 g/mol. The Labute approximate surface area is 250 Å². The number of carbonyl (C=O) groups is 2. The lowest BCUT2D eigenvalue weighted by Crippen LogP contribution is -2.35. The number of aromatic nitrogens is 3. The van der Waals surface area contributed by atoms with Gasteiger partial charge in [-0.05, 0) is 67.3 Å². The van der Waals surface area contributed by atoms with Crippen LogP contribution >= 0.6 is 11.8 Å². The molecule has 5 rings (SSSR count). The lowest BCUT2D eigenvalue weighted by molar-refractivity contribution is -0.126. The molecule has 0 unspecified atom stereocenters. The highest BCUT2D eigenvalue weighted by Gasteiger charge is 2.28. The van der Waals surface area contributed by atoms with Crippen molar-refractivity contribution in [2.24, 2.45) is 11.8 Å². The summed E-state index contributed by atoms with van der Waals surface area (Å²) in [6.07, 6.45) is 7.32. The fourth-order valence-electron chi connectivity index (χ4n) is 5.45. The number of hydrogen-bond donors (Lipinski definition) is 2. The molecule has 1 atom stereocenters. The smallest absolute Gasteiger partial charge is 0.262 e. The van der Waals surface area contributed by atoms with Crippen molar-refractivity contribution in [3.05, 3.63) is 101 Å². The first kappa shape index (κ1) is 29.5. The molecule has 0 saturated heterocycles. The zero-order valence-corrected chi connectivity index (χ0v) is 24.7. The van der Waals surface area contributed by atoms with E-state index in [1.54, 1.807) is 17.0 Å². The van der Waals surface area contributed by atoms with Crippen LogP contribution in [-0.4, -0.2) is 31.6 Å². The number of amides is 2. The number of benzene rings is 2. The molecule has 2 amide bonds. The number of fused-ring (bicyclic) bond motifs is 1. The molecule has 42 heavy (non-hydrogen) atoms. The largest absolute Gasteiger partial charge is 0.352 e. The first-order valence-corrected chi connectivity index (χ1v) is 15.5. The molecule has 0 radical (unpaired) electrons. The van der Waals surface area contributed by atoms with Crippen LogP contribution in [0.1, 0.15) is 50.2 Å². The van der Waals surface area contributed by atoms with Gasteiger partial charge in [0.05, 0.1) is 16.2 Å². The normalized spacial score (nSPS) is 17.5. The third kappa shape index (κ3) is 7.45. The van der Waals surface area contributed by atoms with Gasteiger partial charge in [0, 0.05) is 37.9 Å². The first-order chi connectivity index (χ1) is 20.5. The van der Waals surface area contributed by atoms with Gasteiger partial charge >= 0.3 is 0 Å². The summed E-state index contributed by atoms with van der Waals surface area (Å²) in [4.78, 5) is 48.6. The van der Waals surface area contributed by atoms with E-state index in [0.717, 1.165) is 36.8 Å². The minimum Gasteiger partial charge on any atom is -0.352 e. The lowest BCUT2D eigenvalue weighted by atomic mass is 9.81. The van der Waals surface area contributed by atoms with Crippen LogP contribution in [-0.2, 0) is 29.2 Å². The molecule has 0 aliphatic heterocycles. The summed E-state index contributed by atoms with van der Waals surface area (Å²) in [5, 5.41) is 6.82. The molecule has 0 bridgehead atoms. The summed E-state index contributed by atoms with van der Waals surface area (Å²) in [7, 11) is 0. The van der Waals surface area contributed by atoms with E-state index in [0.29, 0.717) is 42.1 Å². The predicted octanol–water partition coefficient (Wildman–Crippen LogP) is 5.10. The molecule has 0 spiro atoms. The maximum atomic E-state index is 13.7. The average molecular weight is 584 g/mol. The number of hydrogen-bond acceptors (Lipinski definition) is 6. The molecule has 4 aromatic rings. The van der Waals surface area contributed by atoms with Crippen LogP contribution in [0.4, 0.5) is 0 Å². The van der Waals surface area contributed by atoms with Crippen molar-refractivity contribution in [2.45, 2.75) is 69.1 Å². The number of thioether (sulfide) groups is 1. The number of nitrogens with zero attached hydrogens (tertiary/aromatic N) is 3. The van der Waals surface area contributed by atoms with Crippen LogP contribution < -0.4 is 16.2 Å². The molecule has 2 aromatic carbocycles. The second-order valence-corrected chi connectivity index (χ2v) is 12.0. The average Bonchev–Trinajstić information content (AvgIpc) is 3.04. The number of carbonyl (C=O) groups excluding carboxylic acids is 2. The highest BCUT2D eigenvalue weighted by Crippen LogP contribution is 2.32. The number of nitrogens with one attached hydrogen (secondary N) is 2. The van der Waals surface area contributed by atoms with Gasteiger partial charge in [-0.25, -0.2) is 4.98 Å². The SMILES string of the molecule is CC[C@H](Sc1nc2ccccc2c(=O)n1CC1CCC(C(=O)NCc2ccccc2)CC1)C(=O)NCc1cccnc1. The van der Waals surface area contributed by atoms with Crippen molar-refractivity contribution in [1.29, 1.82) is 0 Å². The van der Waals surface area contributed by atoms with Gasteiger partial charge in [0.1, 0.15) is 0 Å². The van der Waals surface area contributed by atoms with Gasteiger partial charge in [0.25, 0.3) is 5.56 Å². The van der Waals surface area contributed by atoms with Crippen LogP contribution in [0.5, 0.6) is 0 Å². The highest BCUT2D eigenvalue weighted by atomic mass is 32.2. The standard InChI is InChI=1S/C33H37N5O3S/c1-2-29(31(40)36-21-25-11-8-18-34-19-25)42-33-37-28-13-7-6-12-27(28)32(41)38(33)22-24-14-16-26(17-15-24)30(39)35-20-23-9-4-3-5-10-23/h3-13,18-19,24,26,29H,2,14-17,20-22H2,1H3,(H,35,39)(H,36,40)/t24?,26?,29-/m0/s1. The molecule has 1 fully saturated rings. The summed E-state index contributed by atoms with van der Waals surface area (Å²) in [6.45, 7) is 3.41. The Morgan fingerprint density at radius 3 is 2.38 bits per heavy atom. The highest BCUT2D eigenvalue weighted by molar-refractivity contribution is 8.00. The molecular formula is C33H37N5O3S. The quantitative estimate of drug-likeness (QED) is 0.188. The van der Waals surface area contributed by atoms with Crippen molar-refractivity contribution in [1.82, 2.24) is 25.2 Å². The fourth-order valence-corrected chi connectivity index (χ4v) is 6.50. The Morgan fingerprint density at radius 1 is 0.929 bits per heavy atom. The first-order valence-electron chi connectivity index (χ1n) is 14.7. The van der Waals surface area contributed by atoms with E-state index in [1.807, 2.05) is 73.7 Å². The molecule has 218 valence electrons. The second-order valence-electron chi connectivity index (χ2n) is 10.8. The molecule has 9 heteroatoms. The predicted molar refractivity (Wildman–Crippen MR) is 166 cm³/mol. The molecule has 8 nitrogen and oxygen atoms in total. The van der Waals surface area contributed by atoms with Gasteiger partial charge in [0.15, 0.2) is 5.16 Å². The van der Waals surface area contributed by atoms with Crippen LogP contribution in [0, 0.1) is 11.8 Å². The number of para-hydroxylation sites is 1. The van der Waals surface area contributed by atoms with Crippen molar-refractivity contribution in [3.8, 4) is 0 Å². The maximum Gasteiger partial charge on any atom is 0.262 e. The van der Waals surface area contributed by atoms with Crippen molar-refractivity contribution in [2.75, 3.05) is 0 Å². The Balaban J connectivity index is 1.26. The Bertz CT molecular complexity index is 1550. The van der Waals surface area contributed by atoms with E-state index in [9.17, 15) is 14.4 Å². The van der Waals surface area contributed by atoms with E-state index in [2.05, 4.69) is 15.6 Å². The van der Waals surface area contributed by atoms with Crippen molar-refractivity contribution < 1.29 is 9.59 Å². The van der Waals surface area contributed by atoms with Crippen molar-refractivity contribution >= 4 is 34.5 Å². The lowest BCUT2D eigenvalue weighted by Gasteiger charge is -2.29. The van der Waals surface area contributed by atoms with Crippen LogP contribution in [0.25, 0.3) is 10.9 Å². The molecule has 2 N–H and O–H groups in total. The van der Waals surface area contributed by atoms with E-state index in [-0.39, 0.29) is 29.2 Å². The number of rotatable bonds is 11. The molecule has 1 saturated carbocycles. The minimum absolute atomic E-state index is 0.0155. The van der Waals surface area contributed by atoms with E-state index in [4.69, 9.17) is 4.98 Å². The van der Waals surface area contributed by atoms with Gasteiger partial charge in [-0.2, -0.15) is 0 Å². The van der Waals surface area contributed by atoms with Gasteiger partial charge < -0.3 is 10.6 Å². The van der Waals surface area contributed by atoms with E-state index < -0.39 is 5.25 Å². The molecule has 2 heterocycles. The summed E-state index contributed by atoms with van der Waals surface area (Å²) in [5.74, 6) is 0.240. The number of pyridine rings is 1. The van der Waals surface area contributed by atoms with Crippen molar-refractivity contribution in [3.63, 3.8) is 0 Å². The molecule has 1 aliphatic rings. The Morgan fingerprint density at radius 2 is 1.64 bits per heavy atom. The third-order valence-electron chi connectivity index (χ3n) is 7.89. The topological polar surface area (TPSA) is 106 Å². The van der Waals surface area contributed by atoms with Crippen LogP contribution in [0.3, 0.4) is 0 Å². The minimum atomic E-state index is -0.398. The van der Waals surface area contributed by atoms with Gasteiger partial charge in [-0.1, -0.05) is 67.2 Å². The molecule has 2 aromatic heterocycles. The van der Waals surface area contributed by atoms with Gasteiger partial charge in [-0.3, -0.25) is 23.9 Å². The zero-order valence-electron chi connectivity index (χ0n) is 23.9. The van der Waals surface area contributed by atoms with Crippen LogP contribution in [0.15, 0.2) is 89.1 Å². The van der Waals surface area contributed by atoms with Crippen LogP contribution in [0.2, 0.25) is 0 Å². The van der Waals surface area contributed by atoms with E-state index >= 15 is 0 Å². The maximum absolute atomic E-state index is 13.7. The summed E-state index contributed by atoms with van der Waals surface area (Å²) in [5.41, 5.74) is 2.56. The third-order valence-corrected chi connectivity index (χ3v) is 9.25. The van der Waals surface area contributed by atoms with Gasteiger partial charge in [0.2, 0.25) is 11.8 Å². The zero-order chi connectivity index (χ0) is 29.3. The summed E-state index contributed by atoms with van der Waals surface area (Å²) < 4.78 is 1.75. The molecular weight excluding hydrogens is 546 g/mol. The summed E-state index contributed by atoms with van der Waals surface area (Å²) in [6, 6.07) is 21.1.